The zero-order valence-corrected chi connectivity index (χ0v) is 11.4. The van der Waals surface area contributed by atoms with Crippen molar-refractivity contribution in [1.29, 1.82) is 0 Å². The van der Waals surface area contributed by atoms with Gasteiger partial charge in [0.25, 0.3) is 0 Å². The van der Waals surface area contributed by atoms with Crippen LogP contribution in [0.15, 0.2) is 0 Å². The zero-order chi connectivity index (χ0) is 13.2. The fourth-order valence-electron chi connectivity index (χ4n) is 3.72. The fourth-order valence-corrected chi connectivity index (χ4v) is 3.72. The number of likely N-dealkylation sites (tertiary alicyclic amines) is 1. The first-order valence-corrected chi connectivity index (χ1v) is 7.53. The molecule has 3 heterocycles. The number of carbonyl (C=O) groups excluding carboxylic acids is 2. The van der Waals surface area contributed by atoms with Crippen LogP contribution in [-0.2, 0) is 9.59 Å². The van der Waals surface area contributed by atoms with Crippen molar-refractivity contribution in [1.82, 2.24) is 15.5 Å². The molecule has 0 aromatic carbocycles. The summed E-state index contributed by atoms with van der Waals surface area (Å²) in [7, 11) is 0. The summed E-state index contributed by atoms with van der Waals surface area (Å²) in [5, 5.41) is 6.26. The summed E-state index contributed by atoms with van der Waals surface area (Å²) in [6, 6.07) is 0.116. The monoisotopic (exact) mass is 265 g/mol. The molecule has 0 aliphatic carbocycles. The van der Waals surface area contributed by atoms with Crippen molar-refractivity contribution in [2.45, 2.75) is 38.1 Å². The molecule has 3 fully saturated rings. The molecule has 3 rings (SSSR count). The van der Waals surface area contributed by atoms with E-state index < -0.39 is 0 Å². The van der Waals surface area contributed by atoms with Crippen LogP contribution in [0.5, 0.6) is 0 Å². The van der Waals surface area contributed by atoms with Crippen LogP contribution in [0, 0.1) is 11.8 Å². The first-order chi connectivity index (χ1) is 9.25. The Kier molecular flexibility index (Phi) is 3.73. The van der Waals surface area contributed by atoms with Crippen LogP contribution in [0.1, 0.15) is 32.1 Å². The highest BCUT2D eigenvalue weighted by Gasteiger charge is 2.42. The molecule has 3 atom stereocenters. The number of nitrogens with one attached hydrogen (secondary N) is 2. The van der Waals surface area contributed by atoms with E-state index in [1.165, 1.54) is 6.42 Å². The first-order valence-electron chi connectivity index (χ1n) is 7.53. The van der Waals surface area contributed by atoms with Gasteiger partial charge in [-0.1, -0.05) is 0 Å². The van der Waals surface area contributed by atoms with Crippen LogP contribution < -0.4 is 10.6 Å². The second-order valence-corrected chi connectivity index (χ2v) is 6.06. The van der Waals surface area contributed by atoms with Gasteiger partial charge in [-0.3, -0.25) is 9.59 Å². The average molecular weight is 265 g/mol. The molecule has 2 N–H and O–H groups in total. The highest BCUT2D eigenvalue weighted by Crippen LogP contribution is 2.28. The Hall–Kier alpha value is -1.10. The lowest BCUT2D eigenvalue weighted by Crippen LogP contribution is -2.49. The van der Waals surface area contributed by atoms with E-state index >= 15 is 0 Å². The Morgan fingerprint density at radius 3 is 2.95 bits per heavy atom. The van der Waals surface area contributed by atoms with Gasteiger partial charge < -0.3 is 15.5 Å². The van der Waals surface area contributed by atoms with Gasteiger partial charge in [0, 0.05) is 19.5 Å². The number of rotatable bonds is 2. The predicted octanol–water partition coefficient (Wildman–Crippen LogP) is 0.113. The third kappa shape index (κ3) is 2.61. The lowest BCUT2D eigenvalue weighted by atomic mass is 9.89. The van der Waals surface area contributed by atoms with Gasteiger partial charge in [0.15, 0.2) is 0 Å². The molecule has 5 heteroatoms. The van der Waals surface area contributed by atoms with Crippen LogP contribution in [0.2, 0.25) is 0 Å². The van der Waals surface area contributed by atoms with Crippen LogP contribution >= 0.6 is 0 Å². The standard InChI is InChI=1S/C14H23N3O2/c18-13(7-10-3-1-5-15-8-10)17-6-2-4-11-12(17)9-16-14(11)19/h10-12,15H,1-9H2,(H,16,19). The highest BCUT2D eigenvalue weighted by atomic mass is 16.2. The van der Waals surface area contributed by atoms with Crippen molar-refractivity contribution in [3.8, 4) is 0 Å². The number of fused-ring (bicyclic) bond motifs is 1. The molecular weight excluding hydrogens is 242 g/mol. The maximum atomic E-state index is 12.5. The molecule has 0 radical (unpaired) electrons. The molecule has 3 saturated heterocycles. The second kappa shape index (κ2) is 5.49. The minimum atomic E-state index is 0.0437. The van der Waals surface area contributed by atoms with E-state index in [-0.39, 0.29) is 23.8 Å². The van der Waals surface area contributed by atoms with Crippen LogP contribution in [-0.4, -0.2) is 48.9 Å². The van der Waals surface area contributed by atoms with Crippen molar-refractivity contribution in [3.05, 3.63) is 0 Å². The summed E-state index contributed by atoms with van der Waals surface area (Å²) < 4.78 is 0. The Morgan fingerprint density at radius 2 is 2.16 bits per heavy atom. The summed E-state index contributed by atoms with van der Waals surface area (Å²) in [6.45, 7) is 3.52. The SMILES string of the molecule is O=C1NCC2C1CCCN2C(=O)CC1CCCNC1. The lowest BCUT2D eigenvalue weighted by molar-refractivity contribution is -0.137. The number of piperidine rings is 2. The minimum Gasteiger partial charge on any atom is -0.354 e. The number of amides is 2. The van der Waals surface area contributed by atoms with Crippen LogP contribution in [0.4, 0.5) is 0 Å². The fraction of sp³-hybridized carbons (Fsp3) is 0.857. The maximum absolute atomic E-state index is 12.5. The molecule has 0 bridgehead atoms. The molecule has 0 aromatic heterocycles. The van der Waals surface area contributed by atoms with E-state index in [1.807, 2.05) is 4.90 Å². The van der Waals surface area contributed by atoms with Gasteiger partial charge in [0.1, 0.15) is 0 Å². The smallest absolute Gasteiger partial charge is 0.225 e. The minimum absolute atomic E-state index is 0.0437. The van der Waals surface area contributed by atoms with Crippen molar-refractivity contribution in [2.24, 2.45) is 11.8 Å². The number of carbonyl (C=O) groups is 2. The molecule has 3 aliphatic heterocycles. The van der Waals surface area contributed by atoms with Gasteiger partial charge in [0.2, 0.25) is 11.8 Å². The van der Waals surface area contributed by atoms with E-state index in [9.17, 15) is 9.59 Å². The van der Waals surface area contributed by atoms with E-state index in [1.54, 1.807) is 0 Å². The van der Waals surface area contributed by atoms with Crippen molar-refractivity contribution in [3.63, 3.8) is 0 Å². The maximum Gasteiger partial charge on any atom is 0.225 e. The third-order valence-electron chi connectivity index (χ3n) is 4.78. The summed E-state index contributed by atoms with van der Waals surface area (Å²) in [6.07, 6.45) is 4.86. The summed E-state index contributed by atoms with van der Waals surface area (Å²) in [4.78, 5) is 26.2. The highest BCUT2D eigenvalue weighted by molar-refractivity contribution is 5.84. The van der Waals surface area contributed by atoms with Gasteiger partial charge in [-0.15, -0.1) is 0 Å². The molecule has 2 amide bonds. The van der Waals surface area contributed by atoms with E-state index in [2.05, 4.69) is 10.6 Å². The Morgan fingerprint density at radius 1 is 1.26 bits per heavy atom. The number of hydrogen-bond acceptors (Lipinski definition) is 3. The molecule has 19 heavy (non-hydrogen) atoms. The van der Waals surface area contributed by atoms with E-state index in [0.717, 1.165) is 38.9 Å². The van der Waals surface area contributed by atoms with Crippen molar-refractivity contribution < 1.29 is 9.59 Å². The molecule has 106 valence electrons. The van der Waals surface area contributed by atoms with E-state index in [0.29, 0.717) is 18.9 Å². The Bertz CT molecular complexity index is 366. The molecule has 0 saturated carbocycles. The summed E-state index contributed by atoms with van der Waals surface area (Å²) >= 11 is 0. The van der Waals surface area contributed by atoms with Gasteiger partial charge in [-0.2, -0.15) is 0 Å². The molecule has 0 aromatic rings. The second-order valence-electron chi connectivity index (χ2n) is 6.06. The molecule has 3 unspecified atom stereocenters. The third-order valence-corrected chi connectivity index (χ3v) is 4.78. The largest absolute Gasteiger partial charge is 0.354 e. The quantitative estimate of drug-likeness (QED) is 0.745. The topological polar surface area (TPSA) is 61.4 Å². The normalized spacial score (nSPS) is 34.8. The summed E-state index contributed by atoms with van der Waals surface area (Å²) in [5.74, 6) is 0.913. The average Bonchev–Trinajstić information content (AvgIpc) is 2.82. The van der Waals surface area contributed by atoms with Gasteiger partial charge in [-0.25, -0.2) is 0 Å². The van der Waals surface area contributed by atoms with Gasteiger partial charge in [0.05, 0.1) is 12.0 Å². The number of hydrogen-bond donors (Lipinski definition) is 2. The molecule has 0 spiro atoms. The van der Waals surface area contributed by atoms with Crippen molar-refractivity contribution in [2.75, 3.05) is 26.2 Å². The Labute approximate surface area is 114 Å². The molecule has 3 aliphatic rings. The first kappa shape index (κ1) is 12.9. The molecular formula is C14H23N3O2. The number of nitrogens with zero attached hydrogens (tertiary/aromatic N) is 1. The lowest BCUT2D eigenvalue weighted by Gasteiger charge is -2.37. The molecule has 5 nitrogen and oxygen atoms in total. The van der Waals surface area contributed by atoms with Crippen LogP contribution in [0.3, 0.4) is 0 Å². The van der Waals surface area contributed by atoms with Crippen LogP contribution in [0.25, 0.3) is 0 Å². The Balaban J connectivity index is 1.60. The van der Waals surface area contributed by atoms with E-state index in [4.69, 9.17) is 0 Å². The van der Waals surface area contributed by atoms with Gasteiger partial charge >= 0.3 is 0 Å². The predicted molar refractivity (Wildman–Crippen MR) is 71.4 cm³/mol. The van der Waals surface area contributed by atoms with Gasteiger partial charge in [-0.05, 0) is 44.7 Å². The summed E-state index contributed by atoms with van der Waals surface area (Å²) in [5.41, 5.74) is 0. The van der Waals surface area contributed by atoms with Crippen molar-refractivity contribution >= 4 is 11.8 Å². The zero-order valence-electron chi connectivity index (χ0n) is 11.4.